The van der Waals surface area contributed by atoms with Gasteiger partial charge in [-0.25, -0.2) is 13.2 Å². The van der Waals surface area contributed by atoms with Gasteiger partial charge in [0.25, 0.3) is 0 Å². The molecule has 0 amide bonds. The molecule has 0 radical (unpaired) electrons. The highest BCUT2D eigenvalue weighted by molar-refractivity contribution is 7.80. The lowest BCUT2D eigenvalue weighted by atomic mass is 10.2. The van der Waals surface area contributed by atoms with Gasteiger partial charge in [0.2, 0.25) is 0 Å². The van der Waals surface area contributed by atoms with Crippen molar-refractivity contribution < 1.29 is 13.2 Å². The van der Waals surface area contributed by atoms with E-state index in [-0.39, 0.29) is 16.7 Å². The molecule has 0 aromatic heterocycles. The van der Waals surface area contributed by atoms with Crippen LogP contribution in [0.2, 0.25) is 5.02 Å². The molecule has 7 heteroatoms. The standard InChI is InChI=1S/C14H10ClF3N2S/c15-10-6-9(2-4-11(10)16)20-14(21)19-7-8-1-3-12(17)13(18)5-8/h1-6H,7H2,(H2,19,20,21). The first-order valence-corrected chi connectivity index (χ1v) is 6.68. The van der Waals surface area contributed by atoms with Crippen molar-refractivity contribution in [1.82, 2.24) is 5.32 Å². The van der Waals surface area contributed by atoms with Crippen LogP contribution in [0, 0.1) is 17.5 Å². The largest absolute Gasteiger partial charge is 0.358 e. The first-order valence-electron chi connectivity index (χ1n) is 5.89. The minimum absolute atomic E-state index is 0.0246. The van der Waals surface area contributed by atoms with Crippen LogP contribution in [-0.4, -0.2) is 5.11 Å². The third-order valence-corrected chi connectivity index (χ3v) is 3.15. The molecule has 0 spiro atoms. The first-order chi connectivity index (χ1) is 9.95. The maximum Gasteiger partial charge on any atom is 0.171 e. The summed E-state index contributed by atoms with van der Waals surface area (Å²) >= 11 is 10.7. The van der Waals surface area contributed by atoms with Crippen LogP contribution in [0.3, 0.4) is 0 Å². The Morgan fingerprint density at radius 2 is 1.71 bits per heavy atom. The molecule has 2 rings (SSSR count). The van der Waals surface area contributed by atoms with Gasteiger partial charge in [-0.05, 0) is 48.1 Å². The summed E-state index contributed by atoms with van der Waals surface area (Å²) in [6.07, 6.45) is 0. The molecule has 0 fully saturated rings. The van der Waals surface area contributed by atoms with Crippen LogP contribution >= 0.6 is 23.8 Å². The third-order valence-electron chi connectivity index (χ3n) is 2.61. The van der Waals surface area contributed by atoms with E-state index in [1.54, 1.807) is 0 Å². The summed E-state index contributed by atoms with van der Waals surface area (Å²) in [6, 6.07) is 7.66. The molecular weight excluding hydrogens is 321 g/mol. The van der Waals surface area contributed by atoms with Crippen LogP contribution in [0.5, 0.6) is 0 Å². The van der Waals surface area contributed by atoms with Crippen molar-refractivity contribution in [2.24, 2.45) is 0 Å². The maximum absolute atomic E-state index is 13.0. The van der Waals surface area contributed by atoms with E-state index in [4.69, 9.17) is 23.8 Å². The smallest absolute Gasteiger partial charge is 0.171 e. The van der Waals surface area contributed by atoms with Gasteiger partial charge in [-0.1, -0.05) is 17.7 Å². The number of hydrogen-bond donors (Lipinski definition) is 2. The molecule has 21 heavy (non-hydrogen) atoms. The summed E-state index contributed by atoms with van der Waals surface area (Å²) in [5.41, 5.74) is 1.05. The molecule has 0 aliphatic rings. The lowest BCUT2D eigenvalue weighted by Crippen LogP contribution is -2.27. The normalized spacial score (nSPS) is 10.3. The summed E-state index contributed by atoms with van der Waals surface area (Å²) in [5, 5.41) is 5.86. The van der Waals surface area contributed by atoms with E-state index < -0.39 is 17.5 Å². The molecule has 2 N–H and O–H groups in total. The van der Waals surface area contributed by atoms with Crippen molar-refractivity contribution in [3.8, 4) is 0 Å². The zero-order valence-electron chi connectivity index (χ0n) is 10.6. The fraction of sp³-hybridized carbons (Fsp3) is 0.0714. The van der Waals surface area contributed by atoms with Crippen LogP contribution in [0.25, 0.3) is 0 Å². The highest BCUT2D eigenvalue weighted by Gasteiger charge is 2.05. The van der Waals surface area contributed by atoms with Crippen LogP contribution in [0.15, 0.2) is 36.4 Å². The maximum atomic E-state index is 13.0. The van der Waals surface area contributed by atoms with E-state index in [0.29, 0.717) is 11.3 Å². The van der Waals surface area contributed by atoms with E-state index in [1.165, 1.54) is 24.3 Å². The second-order valence-electron chi connectivity index (χ2n) is 4.19. The number of benzene rings is 2. The Morgan fingerprint density at radius 3 is 2.38 bits per heavy atom. The van der Waals surface area contributed by atoms with Gasteiger partial charge in [-0.2, -0.15) is 0 Å². The highest BCUT2D eigenvalue weighted by atomic mass is 35.5. The molecule has 2 aromatic rings. The molecule has 0 aliphatic heterocycles. The Bertz CT molecular complexity index is 679. The molecule has 0 unspecified atom stereocenters. The van der Waals surface area contributed by atoms with Crippen molar-refractivity contribution >= 4 is 34.6 Å². The predicted octanol–water partition coefficient (Wildman–Crippen LogP) is 4.24. The van der Waals surface area contributed by atoms with Crippen molar-refractivity contribution in [1.29, 1.82) is 0 Å². The Labute approximate surface area is 129 Å². The molecule has 2 nitrogen and oxygen atoms in total. The number of anilines is 1. The average Bonchev–Trinajstić information content (AvgIpc) is 2.44. The number of rotatable bonds is 3. The lowest BCUT2D eigenvalue weighted by molar-refractivity contribution is 0.507. The number of nitrogens with one attached hydrogen (secondary N) is 2. The minimum Gasteiger partial charge on any atom is -0.358 e. The van der Waals surface area contributed by atoms with Crippen molar-refractivity contribution in [3.63, 3.8) is 0 Å². The fourth-order valence-corrected chi connectivity index (χ4v) is 1.95. The van der Waals surface area contributed by atoms with E-state index in [9.17, 15) is 13.2 Å². The fourth-order valence-electron chi connectivity index (χ4n) is 1.58. The zero-order chi connectivity index (χ0) is 15.4. The van der Waals surface area contributed by atoms with Crippen LogP contribution < -0.4 is 10.6 Å². The monoisotopic (exact) mass is 330 g/mol. The summed E-state index contributed by atoms with van der Waals surface area (Å²) < 4.78 is 38.8. The van der Waals surface area contributed by atoms with E-state index >= 15 is 0 Å². The molecule has 0 saturated heterocycles. The molecule has 0 bridgehead atoms. The van der Waals surface area contributed by atoms with Crippen molar-refractivity contribution in [2.75, 3.05) is 5.32 Å². The van der Waals surface area contributed by atoms with E-state index in [1.807, 2.05) is 0 Å². The number of halogens is 4. The first kappa shape index (κ1) is 15.6. The van der Waals surface area contributed by atoms with Crippen molar-refractivity contribution in [3.05, 3.63) is 64.4 Å². The van der Waals surface area contributed by atoms with Crippen LogP contribution in [0.1, 0.15) is 5.56 Å². The highest BCUT2D eigenvalue weighted by Crippen LogP contribution is 2.19. The van der Waals surface area contributed by atoms with E-state index in [0.717, 1.165) is 12.1 Å². The van der Waals surface area contributed by atoms with Gasteiger partial charge < -0.3 is 10.6 Å². The molecule has 0 heterocycles. The number of hydrogen-bond acceptors (Lipinski definition) is 1. The van der Waals surface area contributed by atoms with Gasteiger partial charge in [0, 0.05) is 12.2 Å². The van der Waals surface area contributed by atoms with Crippen LogP contribution in [0.4, 0.5) is 18.9 Å². The SMILES string of the molecule is Fc1ccc(CNC(=S)Nc2ccc(F)c(Cl)c2)cc1F. The average molecular weight is 331 g/mol. The Hall–Kier alpha value is -1.79. The summed E-state index contributed by atoms with van der Waals surface area (Å²) in [7, 11) is 0. The van der Waals surface area contributed by atoms with Gasteiger partial charge in [-0.15, -0.1) is 0 Å². The van der Waals surface area contributed by atoms with Crippen molar-refractivity contribution in [2.45, 2.75) is 6.54 Å². The summed E-state index contributed by atoms with van der Waals surface area (Å²) in [4.78, 5) is 0. The Kier molecular flexibility index (Phi) is 5.03. The summed E-state index contributed by atoms with van der Waals surface area (Å²) in [6.45, 7) is 0.220. The third kappa shape index (κ3) is 4.34. The quantitative estimate of drug-likeness (QED) is 0.823. The van der Waals surface area contributed by atoms with Gasteiger partial charge >= 0.3 is 0 Å². The molecule has 2 aromatic carbocycles. The topological polar surface area (TPSA) is 24.1 Å². The Morgan fingerprint density at radius 1 is 1.00 bits per heavy atom. The molecule has 110 valence electrons. The lowest BCUT2D eigenvalue weighted by Gasteiger charge is -2.11. The Balaban J connectivity index is 1.92. The zero-order valence-corrected chi connectivity index (χ0v) is 12.2. The predicted molar refractivity (Wildman–Crippen MR) is 80.8 cm³/mol. The van der Waals surface area contributed by atoms with Gasteiger partial charge in [-0.3, -0.25) is 0 Å². The van der Waals surface area contributed by atoms with Crippen LogP contribution in [-0.2, 0) is 6.54 Å². The van der Waals surface area contributed by atoms with Gasteiger partial charge in [0.05, 0.1) is 5.02 Å². The van der Waals surface area contributed by atoms with Gasteiger partial charge in [0.15, 0.2) is 16.7 Å². The summed E-state index contributed by atoms with van der Waals surface area (Å²) in [5.74, 6) is -2.35. The molecular formula is C14H10ClF3N2S. The molecule has 0 aliphatic carbocycles. The van der Waals surface area contributed by atoms with E-state index in [2.05, 4.69) is 10.6 Å². The molecule has 0 saturated carbocycles. The molecule has 0 atom stereocenters. The van der Waals surface area contributed by atoms with Gasteiger partial charge in [0.1, 0.15) is 5.82 Å². The minimum atomic E-state index is -0.918. The second-order valence-corrected chi connectivity index (χ2v) is 5.00. The number of thiocarbonyl (C=S) groups is 1. The second kappa shape index (κ2) is 6.78.